The van der Waals surface area contributed by atoms with Crippen LogP contribution in [0.4, 0.5) is 5.69 Å². The van der Waals surface area contributed by atoms with E-state index in [1.807, 2.05) is 6.92 Å². The van der Waals surface area contributed by atoms with E-state index in [4.69, 9.17) is 27.9 Å². The van der Waals surface area contributed by atoms with Gasteiger partial charge in [0.15, 0.2) is 0 Å². The monoisotopic (exact) mass is 526 g/mol. The maximum Gasteiger partial charge on any atom is 0.338 e. The molecule has 0 bridgehead atoms. The highest BCUT2D eigenvalue weighted by Gasteiger charge is 2.32. The molecule has 1 amide bonds. The molecule has 1 atom stereocenters. The molecule has 34 heavy (non-hydrogen) atoms. The number of halogens is 2. The number of unbranched alkanes of at least 4 members (excludes halogenated alkanes) is 1. The zero-order chi connectivity index (χ0) is 24.7. The Bertz CT molecular complexity index is 1120. The Morgan fingerprint density at radius 3 is 2.53 bits per heavy atom. The Labute approximate surface area is 210 Å². The zero-order valence-corrected chi connectivity index (χ0v) is 21.3. The highest BCUT2D eigenvalue weighted by atomic mass is 35.5. The van der Waals surface area contributed by atoms with Gasteiger partial charge in [-0.3, -0.25) is 4.79 Å². The van der Waals surface area contributed by atoms with E-state index >= 15 is 0 Å². The summed E-state index contributed by atoms with van der Waals surface area (Å²) >= 11 is 11.9. The number of anilines is 1. The van der Waals surface area contributed by atoms with Crippen LogP contribution in [0.15, 0.2) is 42.5 Å². The molecule has 1 aliphatic heterocycles. The molecular formula is C24H28Cl2N2O5S. The molecular weight excluding hydrogens is 499 g/mol. The molecule has 1 N–H and O–H groups in total. The molecule has 2 aromatic carbocycles. The van der Waals surface area contributed by atoms with Crippen LogP contribution in [0.3, 0.4) is 0 Å². The second-order valence-electron chi connectivity index (χ2n) is 8.26. The number of carbonyl (C=O) groups excluding carboxylic acids is 2. The van der Waals surface area contributed by atoms with Crippen molar-refractivity contribution in [3.63, 3.8) is 0 Å². The third-order valence-corrected chi connectivity index (χ3v) is 8.16. The van der Waals surface area contributed by atoms with Crippen LogP contribution in [0, 0.1) is 5.92 Å². The van der Waals surface area contributed by atoms with Crippen molar-refractivity contribution in [2.24, 2.45) is 5.92 Å². The molecule has 3 rings (SSSR count). The Morgan fingerprint density at radius 2 is 1.85 bits per heavy atom. The smallest absolute Gasteiger partial charge is 0.338 e. The summed E-state index contributed by atoms with van der Waals surface area (Å²) < 4.78 is 32.4. The molecule has 184 valence electrons. The minimum Gasteiger partial charge on any atom is -0.462 e. The molecule has 0 spiro atoms. The van der Waals surface area contributed by atoms with Gasteiger partial charge in [-0.25, -0.2) is 17.5 Å². The van der Waals surface area contributed by atoms with Gasteiger partial charge in [0, 0.05) is 18.8 Å². The predicted molar refractivity (Wildman–Crippen MR) is 134 cm³/mol. The highest BCUT2D eigenvalue weighted by molar-refractivity contribution is 7.88. The molecule has 1 saturated heterocycles. The number of carbonyl (C=O) groups is 2. The number of hydrogen-bond donors (Lipinski definition) is 1. The number of nitrogens with one attached hydrogen (secondary N) is 1. The van der Waals surface area contributed by atoms with Gasteiger partial charge in [0.1, 0.15) is 0 Å². The maximum atomic E-state index is 12.9. The summed E-state index contributed by atoms with van der Waals surface area (Å²) in [5.74, 6) is -1.35. The highest BCUT2D eigenvalue weighted by Crippen LogP contribution is 2.26. The molecule has 0 aliphatic carbocycles. The van der Waals surface area contributed by atoms with Gasteiger partial charge in [-0.05, 0) is 61.2 Å². The Kier molecular flexibility index (Phi) is 9.36. The van der Waals surface area contributed by atoms with E-state index in [1.54, 1.807) is 42.5 Å². The number of benzene rings is 2. The van der Waals surface area contributed by atoms with Crippen LogP contribution in [0.2, 0.25) is 10.0 Å². The first kappa shape index (κ1) is 26.5. The molecule has 0 radical (unpaired) electrons. The van der Waals surface area contributed by atoms with Gasteiger partial charge in [0.05, 0.1) is 33.9 Å². The molecule has 1 aliphatic rings. The fourth-order valence-corrected chi connectivity index (χ4v) is 5.59. The molecule has 0 aromatic heterocycles. The summed E-state index contributed by atoms with van der Waals surface area (Å²) in [6.07, 6.45) is 2.92. The van der Waals surface area contributed by atoms with Gasteiger partial charge in [-0.15, -0.1) is 0 Å². The van der Waals surface area contributed by atoms with Crippen molar-refractivity contribution in [2.45, 2.75) is 38.4 Å². The summed E-state index contributed by atoms with van der Waals surface area (Å²) in [6.45, 7) is 2.86. The van der Waals surface area contributed by atoms with Gasteiger partial charge >= 0.3 is 5.97 Å². The molecule has 1 fully saturated rings. The van der Waals surface area contributed by atoms with E-state index in [0.29, 0.717) is 52.9 Å². The molecule has 1 heterocycles. The summed E-state index contributed by atoms with van der Waals surface area (Å²) in [7, 11) is -3.63. The van der Waals surface area contributed by atoms with E-state index < -0.39 is 21.9 Å². The summed E-state index contributed by atoms with van der Waals surface area (Å²) in [5, 5.41) is 3.48. The normalized spacial score (nSPS) is 16.7. The standard InChI is InChI=1S/C24H28Cl2N2O5S/c1-2-3-13-33-24(30)18-7-9-20(10-8-18)27-23(29)19-5-4-12-28(15-19)34(31,32)16-17-6-11-21(25)22(26)14-17/h6-11,14,19H,2-5,12-13,15-16H2,1H3,(H,27,29)/t19-/m1/s1. The van der Waals surface area contributed by atoms with Crippen molar-refractivity contribution >= 4 is 50.8 Å². The van der Waals surface area contributed by atoms with Crippen LogP contribution < -0.4 is 5.32 Å². The zero-order valence-electron chi connectivity index (χ0n) is 18.9. The summed E-state index contributed by atoms with van der Waals surface area (Å²) in [4.78, 5) is 24.8. The molecule has 0 unspecified atom stereocenters. The Morgan fingerprint density at radius 1 is 1.12 bits per heavy atom. The van der Waals surface area contributed by atoms with Crippen molar-refractivity contribution in [1.29, 1.82) is 0 Å². The lowest BCUT2D eigenvalue weighted by molar-refractivity contribution is -0.120. The molecule has 7 nitrogen and oxygen atoms in total. The minimum atomic E-state index is -3.63. The van der Waals surface area contributed by atoms with Gasteiger partial charge in [0.2, 0.25) is 15.9 Å². The largest absolute Gasteiger partial charge is 0.462 e. The van der Waals surface area contributed by atoms with Crippen LogP contribution in [0.25, 0.3) is 0 Å². The Balaban J connectivity index is 1.58. The summed E-state index contributed by atoms with van der Waals surface area (Å²) in [6, 6.07) is 11.2. The first-order chi connectivity index (χ1) is 16.2. The molecule has 0 saturated carbocycles. The van der Waals surface area contributed by atoms with Crippen LogP contribution in [0.5, 0.6) is 0 Å². The average molecular weight is 527 g/mol. The topological polar surface area (TPSA) is 92.8 Å². The number of ether oxygens (including phenoxy) is 1. The quantitative estimate of drug-likeness (QED) is 0.361. The fraction of sp³-hybridized carbons (Fsp3) is 0.417. The van der Waals surface area contributed by atoms with E-state index in [1.165, 1.54) is 4.31 Å². The van der Waals surface area contributed by atoms with E-state index in [0.717, 1.165) is 12.8 Å². The van der Waals surface area contributed by atoms with E-state index in [-0.39, 0.29) is 18.2 Å². The van der Waals surface area contributed by atoms with Crippen molar-refractivity contribution in [3.05, 3.63) is 63.6 Å². The SMILES string of the molecule is CCCCOC(=O)c1ccc(NC(=O)[C@@H]2CCCN(S(=O)(=O)Cc3ccc(Cl)c(Cl)c3)C2)cc1. The van der Waals surface area contributed by atoms with Crippen LogP contribution in [-0.2, 0) is 25.3 Å². The summed E-state index contributed by atoms with van der Waals surface area (Å²) in [5.41, 5.74) is 1.48. The predicted octanol–water partition coefficient (Wildman–Crippen LogP) is 5.13. The number of nitrogens with zero attached hydrogens (tertiary/aromatic N) is 1. The fourth-order valence-electron chi connectivity index (χ4n) is 3.67. The van der Waals surface area contributed by atoms with Crippen LogP contribution in [0.1, 0.15) is 48.5 Å². The molecule has 10 heteroatoms. The Hall–Kier alpha value is -2.13. The van der Waals surface area contributed by atoms with E-state index in [2.05, 4.69) is 5.32 Å². The van der Waals surface area contributed by atoms with Gasteiger partial charge in [0.25, 0.3) is 0 Å². The number of rotatable bonds is 9. The number of esters is 1. The number of piperidine rings is 1. The average Bonchev–Trinajstić information content (AvgIpc) is 2.82. The number of hydrogen-bond acceptors (Lipinski definition) is 5. The van der Waals surface area contributed by atoms with Crippen molar-refractivity contribution < 1.29 is 22.7 Å². The second-order valence-corrected chi connectivity index (χ2v) is 11.0. The number of sulfonamides is 1. The lowest BCUT2D eigenvalue weighted by Crippen LogP contribution is -2.44. The molecule has 2 aromatic rings. The minimum absolute atomic E-state index is 0.108. The lowest BCUT2D eigenvalue weighted by atomic mass is 9.98. The lowest BCUT2D eigenvalue weighted by Gasteiger charge is -2.31. The second kappa shape index (κ2) is 12.0. The van der Waals surface area contributed by atoms with Crippen molar-refractivity contribution in [2.75, 3.05) is 25.0 Å². The van der Waals surface area contributed by atoms with Gasteiger partial charge in [-0.2, -0.15) is 0 Å². The van der Waals surface area contributed by atoms with Crippen molar-refractivity contribution in [1.82, 2.24) is 4.31 Å². The number of amides is 1. The van der Waals surface area contributed by atoms with Crippen LogP contribution >= 0.6 is 23.2 Å². The van der Waals surface area contributed by atoms with Crippen molar-refractivity contribution in [3.8, 4) is 0 Å². The first-order valence-electron chi connectivity index (χ1n) is 11.2. The maximum absolute atomic E-state index is 12.9. The van der Waals surface area contributed by atoms with Gasteiger partial charge < -0.3 is 10.1 Å². The van der Waals surface area contributed by atoms with Gasteiger partial charge in [-0.1, -0.05) is 42.6 Å². The first-order valence-corrected chi connectivity index (χ1v) is 13.6. The third-order valence-electron chi connectivity index (χ3n) is 5.60. The van der Waals surface area contributed by atoms with E-state index in [9.17, 15) is 18.0 Å². The van der Waals surface area contributed by atoms with Crippen LogP contribution in [-0.4, -0.2) is 44.3 Å². The third kappa shape index (κ3) is 7.18.